The van der Waals surface area contributed by atoms with Gasteiger partial charge in [-0.15, -0.1) is 0 Å². The third-order valence-corrected chi connectivity index (χ3v) is 4.03. The second kappa shape index (κ2) is 7.13. The van der Waals surface area contributed by atoms with Crippen molar-refractivity contribution in [3.63, 3.8) is 0 Å². The average Bonchev–Trinajstić information content (AvgIpc) is 2.65. The number of hydroxylamine groups is 1. The minimum atomic E-state index is -4.44. The molecule has 134 valence electrons. The summed E-state index contributed by atoms with van der Waals surface area (Å²) in [5, 5.41) is 9.46. The van der Waals surface area contributed by atoms with Gasteiger partial charge in [-0.2, -0.15) is 13.2 Å². The molecule has 1 heterocycles. The van der Waals surface area contributed by atoms with E-state index in [2.05, 4.69) is 4.98 Å². The summed E-state index contributed by atoms with van der Waals surface area (Å²) in [6.45, 7) is 0. The number of aromatic nitrogens is 1. The number of pyridine rings is 1. The largest absolute Gasteiger partial charge is 0.416 e. The highest BCUT2D eigenvalue weighted by molar-refractivity contribution is 5.86. The van der Waals surface area contributed by atoms with Crippen LogP contribution in [0.2, 0.25) is 0 Å². The quantitative estimate of drug-likeness (QED) is 0.537. The molecule has 0 saturated carbocycles. The van der Waals surface area contributed by atoms with Gasteiger partial charge < -0.3 is 0 Å². The number of para-hydroxylation sites is 1. The molecule has 0 aliphatic heterocycles. The summed E-state index contributed by atoms with van der Waals surface area (Å²) in [7, 11) is 0. The number of benzene rings is 2. The molecule has 0 aliphatic rings. The fourth-order valence-electron chi connectivity index (χ4n) is 2.76. The Labute approximate surface area is 147 Å². The summed E-state index contributed by atoms with van der Waals surface area (Å²) in [4.78, 5) is 15.8. The maximum absolute atomic E-state index is 13.0. The molecule has 26 heavy (non-hydrogen) atoms. The summed E-state index contributed by atoms with van der Waals surface area (Å²) >= 11 is 0. The Morgan fingerprint density at radius 2 is 1.85 bits per heavy atom. The number of amides is 1. The Morgan fingerprint density at radius 3 is 2.58 bits per heavy atom. The van der Waals surface area contributed by atoms with Gasteiger partial charge in [-0.1, -0.05) is 30.3 Å². The molecule has 2 aromatic carbocycles. The second-order valence-corrected chi connectivity index (χ2v) is 5.80. The van der Waals surface area contributed by atoms with Gasteiger partial charge in [0.05, 0.1) is 16.8 Å². The van der Waals surface area contributed by atoms with E-state index in [-0.39, 0.29) is 6.42 Å². The van der Waals surface area contributed by atoms with E-state index >= 15 is 0 Å². The number of hydrogen-bond acceptors (Lipinski definition) is 3. The summed E-state index contributed by atoms with van der Waals surface area (Å²) in [6.07, 6.45) is -4.07. The third-order valence-electron chi connectivity index (χ3n) is 4.03. The van der Waals surface area contributed by atoms with Crippen LogP contribution >= 0.6 is 0 Å². The number of carbonyl (C=O) groups excluding carboxylic acids is 1. The molecular formula is C19H15F3N2O2. The smallest absolute Gasteiger partial charge is 0.289 e. The van der Waals surface area contributed by atoms with E-state index < -0.39 is 17.6 Å². The lowest BCUT2D eigenvalue weighted by Gasteiger charge is -2.12. The predicted octanol–water partition coefficient (Wildman–Crippen LogP) is 4.36. The van der Waals surface area contributed by atoms with Gasteiger partial charge in [0.1, 0.15) is 0 Å². The van der Waals surface area contributed by atoms with Crippen molar-refractivity contribution >= 4 is 16.8 Å². The molecule has 1 amide bonds. The molecule has 0 atom stereocenters. The first-order valence-corrected chi connectivity index (χ1v) is 7.88. The second-order valence-electron chi connectivity index (χ2n) is 5.80. The zero-order chi connectivity index (χ0) is 18.7. The van der Waals surface area contributed by atoms with Gasteiger partial charge in [-0.25, -0.2) is 10.5 Å². The molecule has 0 fully saturated rings. The maximum Gasteiger partial charge on any atom is 0.416 e. The van der Waals surface area contributed by atoms with Gasteiger partial charge in [0.25, 0.3) is 0 Å². The van der Waals surface area contributed by atoms with E-state index in [1.165, 1.54) is 6.07 Å². The first kappa shape index (κ1) is 17.9. The van der Waals surface area contributed by atoms with Crippen molar-refractivity contribution in [2.45, 2.75) is 19.0 Å². The average molecular weight is 360 g/mol. The molecular weight excluding hydrogens is 345 g/mol. The molecule has 4 nitrogen and oxygen atoms in total. The summed E-state index contributed by atoms with van der Waals surface area (Å²) < 4.78 is 38.9. The van der Waals surface area contributed by atoms with Crippen molar-refractivity contribution in [1.29, 1.82) is 0 Å². The first-order valence-electron chi connectivity index (χ1n) is 7.88. The monoisotopic (exact) mass is 360 g/mol. The molecule has 0 radical (unpaired) electrons. The standard InChI is InChI=1S/C19H15F3N2O2/c20-19(21,22)14-5-3-4-13(10-14)17-11-12(8-9-18(25)24-26)15-6-1-2-7-16(15)23-17/h1-7,10-11,26H,8-9H2,(H,24,25). The van der Waals surface area contributed by atoms with Crippen LogP contribution in [0.4, 0.5) is 13.2 Å². The van der Waals surface area contributed by atoms with Crippen LogP contribution in [0.15, 0.2) is 54.6 Å². The van der Waals surface area contributed by atoms with Crippen LogP contribution in [-0.4, -0.2) is 16.1 Å². The Bertz CT molecular complexity index is 955. The van der Waals surface area contributed by atoms with Crippen molar-refractivity contribution in [1.82, 2.24) is 10.5 Å². The van der Waals surface area contributed by atoms with Crippen LogP contribution < -0.4 is 5.48 Å². The van der Waals surface area contributed by atoms with E-state index in [4.69, 9.17) is 5.21 Å². The Morgan fingerprint density at radius 1 is 1.08 bits per heavy atom. The Balaban J connectivity index is 2.08. The molecule has 0 bridgehead atoms. The van der Waals surface area contributed by atoms with Crippen molar-refractivity contribution in [3.8, 4) is 11.3 Å². The topological polar surface area (TPSA) is 62.2 Å². The number of alkyl halides is 3. The lowest BCUT2D eigenvalue weighted by atomic mass is 9.99. The van der Waals surface area contributed by atoms with Gasteiger partial charge in [0.15, 0.2) is 0 Å². The van der Waals surface area contributed by atoms with Crippen LogP contribution in [0.25, 0.3) is 22.2 Å². The van der Waals surface area contributed by atoms with Crippen molar-refractivity contribution in [3.05, 3.63) is 65.7 Å². The predicted molar refractivity (Wildman–Crippen MR) is 90.4 cm³/mol. The van der Waals surface area contributed by atoms with Crippen molar-refractivity contribution in [2.24, 2.45) is 0 Å². The highest BCUT2D eigenvalue weighted by atomic mass is 19.4. The molecule has 7 heteroatoms. The Hall–Kier alpha value is -2.93. The lowest BCUT2D eigenvalue weighted by molar-refractivity contribution is -0.137. The van der Waals surface area contributed by atoms with Crippen LogP contribution in [0, 0.1) is 0 Å². The van der Waals surface area contributed by atoms with E-state index in [1.807, 2.05) is 12.1 Å². The normalized spacial score (nSPS) is 11.5. The molecule has 0 aliphatic carbocycles. The fraction of sp³-hybridized carbons (Fsp3) is 0.158. The number of halogens is 3. The van der Waals surface area contributed by atoms with Crippen molar-refractivity contribution in [2.75, 3.05) is 0 Å². The van der Waals surface area contributed by atoms with E-state index in [9.17, 15) is 18.0 Å². The molecule has 3 aromatic rings. The van der Waals surface area contributed by atoms with Crippen LogP contribution in [0.1, 0.15) is 17.5 Å². The van der Waals surface area contributed by atoms with Gasteiger partial charge in [-0.3, -0.25) is 10.0 Å². The highest BCUT2D eigenvalue weighted by Crippen LogP contribution is 2.33. The summed E-state index contributed by atoms with van der Waals surface area (Å²) in [5.74, 6) is -0.536. The lowest BCUT2D eigenvalue weighted by Crippen LogP contribution is -2.18. The maximum atomic E-state index is 13.0. The van der Waals surface area contributed by atoms with E-state index in [0.29, 0.717) is 23.2 Å². The van der Waals surface area contributed by atoms with Crippen molar-refractivity contribution < 1.29 is 23.2 Å². The van der Waals surface area contributed by atoms with Crippen LogP contribution in [0.3, 0.4) is 0 Å². The number of fused-ring (bicyclic) bond motifs is 1. The number of hydrogen-bond donors (Lipinski definition) is 2. The van der Waals surface area contributed by atoms with Gasteiger partial charge in [0, 0.05) is 17.4 Å². The number of aryl methyl sites for hydroxylation is 1. The minimum absolute atomic E-state index is 0.0482. The molecule has 3 rings (SSSR count). The van der Waals surface area contributed by atoms with Gasteiger partial charge >= 0.3 is 6.18 Å². The molecule has 2 N–H and O–H groups in total. The van der Waals surface area contributed by atoms with Crippen LogP contribution in [-0.2, 0) is 17.4 Å². The van der Waals surface area contributed by atoms with E-state index in [1.54, 1.807) is 29.7 Å². The zero-order valence-corrected chi connectivity index (χ0v) is 13.5. The zero-order valence-electron chi connectivity index (χ0n) is 13.5. The van der Waals surface area contributed by atoms with Gasteiger partial charge in [0.2, 0.25) is 5.91 Å². The fourth-order valence-corrected chi connectivity index (χ4v) is 2.76. The molecule has 0 saturated heterocycles. The third kappa shape index (κ3) is 3.83. The Kier molecular flexibility index (Phi) is 4.90. The number of nitrogens with zero attached hydrogens (tertiary/aromatic N) is 1. The number of nitrogens with one attached hydrogen (secondary N) is 1. The minimum Gasteiger partial charge on any atom is -0.289 e. The molecule has 0 spiro atoms. The van der Waals surface area contributed by atoms with Gasteiger partial charge in [-0.05, 0) is 36.2 Å². The number of rotatable bonds is 4. The number of carbonyl (C=O) groups is 1. The SMILES string of the molecule is O=C(CCc1cc(-c2cccc(C(F)(F)F)c2)nc2ccccc12)NO. The summed E-state index contributed by atoms with van der Waals surface area (Å²) in [5.41, 5.74) is 2.97. The first-order chi connectivity index (χ1) is 12.4. The molecule has 0 unspecified atom stereocenters. The highest BCUT2D eigenvalue weighted by Gasteiger charge is 2.30. The molecule has 1 aromatic heterocycles. The van der Waals surface area contributed by atoms with Crippen LogP contribution in [0.5, 0.6) is 0 Å². The van der Waals surface area contributed by atoms with E-state index in [0.717, 1.165) is 23.1 Å². The summed E-state index contributed by atoms with van der Waals surface area (Å²) in [6, 6.07) is 13.9.